The smallest absolute Gasteiger partial charge is 0.306 e. The van der Waals surface area contributed by atoms with Gasteiger partial charge in [-0.1, -0.05) is 24.3 Å². The molecule has 1 aromatic rings. The van der Waals surface area contributed by atoms with Crippen LogP contribution in [0.2, 0.25) is 0 Å². The van der Waals surface area contributed by atoms with E-state index in [1.165, 1.54) is 0 Å². The number of benzene rings is 1. The maximum atomic E-state index is 10.5. The lowest BCUT2D eigenvalue weighted by molar-refractivity contribution is -0.141. The number of carboxylic acids is 1. The van der Waals surface area contributed by atoms with Crippen LogP contribution < -0.4 is 5.32 Å². The van der Waals surface area contributed by atoms with Crippen LogP contribution in [0.1, 0.15) is 23.7 Å². The molecule has 0 saturated heterocycles. The van der Waals surface area contributed by atoms with Gasteiger partial charge in [-0.2, -0.15) is 0 Å². The first-order valence-electron chi connectivity index (χ1n) is 5.36. The number of nitrogens with one attached hydrogen (secondary N) is 1. The summed E-state index contributed by atoms with van der Waals surface area (Å²) in [6.45, 7) is 0.549. The third-order valence-electron chi connectivity index (χ3n) is 2.49. The Hall–Kier alpha value is -1.43. The molecule has 0 aliphatic heterocycles. The van der Waals surface area contributed by atoms with Crippen molar-refractivity contribution in [3.05, 3.63) is 35.4 Å². The van der Waals surface area contributed by atoms with Crippen LogP contribution >= 0.6 is 0 Å². The van der Waals surface area contributed by atoms with Crippen LogP contribution in [0.15, 0.2) is 24.3 Å². The predicted molar refractivity (Wildman–Crippen MR) is 62.4 cm³/mol. The van der Waals surface area contributed by atoms with E-state index in [9.17, 15) is 15.0 Å². The number of aliphatic carboxylic acids is 1. The van der Waals surface area contributed by atoms with E-state index >= 15 is 0 Å². The Labute approximate surface area is 99.7 Å². The molecule has 4 N–H and O–H groups in total. The van der Waals surface area contributed by atoms with Gasteiger partial charge in [0.2, 0.25) is 0 Å². The second-order valence-corrected chi connectivity index (χ2v) is 3.84. The summed E-state index contributed by atoms with van der Waals surface area (Å²) in [5.41, 5.74) is 1.39. The Balaban J connectivity index is 2.86. The highest BCUT2D eigenvalue weighted by Crippen LogP contribution is 2.22. The van der Waals surface area contributed by atoms with E-state index in [1.54, 1.807) is 19.2 Å². The maximum absolute atomic E-state index is 10.5. The van der Waals surface area contributed by atoms with Gasteiger partial charge in [0.1, 0.15) is 6.10 Å². The van der Waals surface area contributed by atoms with E-state index in [-0.39, 0.29) is 0 Å². The van der Waals surface area contributed by atoms with Gasteiger partial charge in [-0.15, -0.1) is 0 Å². The summed E-state index contributed by atoms with van der Waals surface area (Å²) in [7, 11) is 1.77. The van der Waals surface area contributed by atoms with E-state index in [0.29, 0.717) is 12.1 Å². The van der Waals surface area contributed by atoms with Crippen LogP contribution in [0.25, 0.3) is 0 Å². The standard InChI is InChI=1S/C12H17NO4/c1-13-7-8-4-2-3-5-9(8)12(17)10(14)6-11(15)16/h2-5,10,12-14,17H,6-7H2,1H3,(H,15,16). The largest absolute Gasteiger partial charge is 0.481 e. The van der Waals surface area contributed by atoms with E-state index in [4.69, 9.17) is 5.11 Å². The summed E-state index contributed by atoms with van der Waals surface area (Å²) >= 11 is 0. The lowest BCUT2D eigenvalue weighted by Gasteiger charge is -2.19. The van der Waals surface area contributed by atoms with Gasteiger partial charge < -0.3 is 20.6 Å². The molecule has 2 unspecified atom stereocenters. The molecule has 0 radical (unpaired) electrons. The van der Waals surface area contributed by atoms with Crippen molar-refractivity contribution in [3.8, 4) is 0 Å². The molecule has 0 saturated carbocycles. The summed E-state index contributed by atoms with van der Waals surface area (Å²) in [6, 6.07) is 7.07. The molecule has 0 bridgehead atoms. The summed E-state index contributed by atoms with van der Waals surface area (Å²) < 4.78 is 0. The highest BCUT2D eigenvalue weighted by atomic mass is 16.4. The van der Waals surface area contributed by atoms with Crippen molar-refractivity contribution < 1.29 is 20.1 Å². The van der Waals surface area contributed by atoms with Gasteiger partial charge in [-0.05, 0) is 18.2 Å². The van der Waals surface area contributed by atoms with Crippen LogP contribution in [0.3, 0.4) is 0 Å². The number of rotatable bonds is 6. The normalized spacial score (nSPS) is 14.3. The average molecular weight is 239 g/mol. The maximum Gasteiger partial charge on any atom is 0.306 e. The summed E-state index contributed by atoms with van der Waals surface area (Å²) in [6.07, 6.45) is -2.96. The molecular formula is C12H17NO4. The number of aliphatic hydroxyl groups excluding tert-OH is 2. The van der Waals surface area contributed by atoms with Crippen LogP contribution in [-0.2, 0) is 11.3 Å². The van der Waals surface area contributed by atoms with Gasteiger partial charge in [0.05, 0.1) is 12.5 Å². The third-order valence-corrected chi connectivity index (χ3v) is 2.49. The lowest BCUT2D eigenvalue weighted by Crippen LogP contribution is -2.23. The number of hydrogen-bond acceptors (Lipinski definition) is 4. The van der Waals surface area contributed by atoms with Crippen molar-refractivity contribution >= 4 is 5.97 Å². The first kappa shape index (κ1) is 13.6. The zero-order chi connectivity index (χ0) is 12.8. The zero-order valence-electron chi connectivity index (χ0n) is 9.63. The Kier molecular flexibility index (Phi) is 5.09. The minimum absolute atomic E-state index is 0.477. The van der Waals surface area contributed by atoms with Gasteiger partial charge in [0.25, 0.3) is 0 Å². The average Bonchev–Trinajstić information content (AvgIpc) is 2.28. The molecule has 0 aromatic heterocycles. The van der Waals surface area contributed by atoms with E-state index in [1.807, 2.05) is 12.1 Å². The van der Waals surface area contributed by atoms with Crippen molar-refractivity contribution in [1.29, 1.82) is 0 Å². The van der Waals surface area contributed by atoms with Gasteiger partial charge in [-0.3, -0.25) is 4.79 Å². The van der Waals surface area contributed by atoms with E-state index in [2.05, 4.69) is 5.32 Å². The lowest BCUT2D eigenvalue weighted by atomic mass is 9.97. The Bertz CT molecular complexity index is 381. The predicted octanol–water partition coefficient (Wildman–Crippen LogP) is 0.275. The number of aliphatic hydroxyl groups is 2. The second kappa shape index (κ2) is 6.34. The van der Waals surface area contributed by atoms with Crippen LogP contribution in [0, 0.1) is 0 Å². The molecule has 0 aliphatic carbocycles. The molecule has 1 aromatic carbocycles. The van der Waals surface area contributed by atoms with Gasteiger partial charge in [0, 0.05) is 6.54 Å². The Morgan fingerprint density at radius 1 is 1.35 bits per heavy atom. The monoisotopic (exact) mass is 239 g/mol. The van der Waals surface area contributed by atoms with Gasteiger partial charge in [0.15, 0.2) is 0 Å². The molecule has 0 heterocycles. The fraction of sp³-hybridized carbons (Fsp3) is 0.417. The summed E-state index contributed by atoms with van der Waals surface area (Å²) in [5.74, 6) is -1.14. The van der Waals surface area contributed by atoms with Gasteiger partial charge in [-0.25, -0.2) is 0 Å². The fourth-order valence-corrected chi connectivity index (χ4v) is 1.67. The summed E-state index contributed by atoms with van der Waals surface area (Å²) in [5, 5.41) is 31.0. The Morgan fingerprint density at radius 3 is 2.59 bits per heavy atom. The van der Waals surface area contributed by atoms with E-state index in [0.717, 1.165) is 5.56 Å². The quantitative estimate of drug-likeness (QED) is 0.572. The van der Waals surface area contributed by atoms with Crippen molar-refractivity contribution in [2.75, 3.05) is 7.05 Å². The van der Waals surface area contributed by atoms with Crippen LogP contribution in [0.4, 0.5) is 0 Å². The van der Waals surface area contributed by atoms with Crippen molar-refractivity contribution in [2.24, 2.45) is 0 Å². The number of carboxylic acid groups (broad SMARTS) is 1. The Morgan fingerprint density at radius 2 is 2.00 bits per heavy atom. The molecule has 94 valence electrons. The van der Waals surface area contributed by atoms with Crippen molar-refractivity contribution in [2.45, 2.75) is 25.2 Å². The number of hydrogen-bond donors (Lipinski definition) is 4. The minimum atomic E-state index is -1.30. The highest BCUT2D eigenvalue weighted by molar-refractivity contribution is 5.67. The second-order valence-electron chi connectivity index (χ2n) is 3.84. The van der Waals surface area contributed by atoms with Crippen LogP contribution in [0.5, 0.6) is 0 Å². The zero-order valence-corrected chi connectivity index (χ0v) is 9.63. The molecule has 0 aliphatic rings. The molecule has 5 nitrogen and oxygen atoms in total. The van der Waals surface area contributed by atoms with Gasteiger partial charge >= 0.3 is 5.97 Å². The van der Waals surface area contributed by atoms with Crippen LogP contribution in [-0.4, -0.2) is 34.4 Å². The number of carbonyl (C=O) groups is 1. The van der Waals surface area contributed by atoms with Crippen molar-refractivity contribution in [3.63, 3.8) is 0 Å². The van der Waals surface area contributed by atoms with E-state index < -0.39 is 24.6 Å². The minimum Gasteiger partial charge on any atom is -0.481 e. The third kappa shape index (κ3) is 3.81. The molecule has 0 spiro atoms. The topological polar surface area (TPSA) is 89.8 Å². The SMILES string of the molecule is CNCc1ccccc1C(O)C(O)CC(=O)O. The molecule has 5 heteroatoms. The molecule has 0 fully saturated rings. The molecule has 2 atom stereocenters. The molecule has 17 heavy (non-hydrogen) atoms. The first-order valence-corrected chi connectivity index (χ1v) is 5.36. The molecule has 1 rings (SSSR count). The first-order chi connectivity index (χ1) is 8.06. The van der Waals surface area contributed by atoms with Crippen molar-refractivity contribution in [1.82, 2.24) is 5.32 Å². The fourth-order valence-electron chi connectivity index (χ4n) is 1.67. The highest BCUT2D eigenvalue weighted by Gasteiger charge is 2.22. The summed E-state index contributed by atoms with van der Waals surface area (Å²) in [4.78, 5) is 10.5. The molecular weight excluding hydrogens is 222 g/mol. The molecule has 0 amide bonds.